The van der Waals surface area contributed by atoms with Crippen molar-refractivity contribution in [1.29, 1.82) is 5.26 Å². The molecule has 2 unspecified atom stereocenters. The molecule has 0 aromatic heterocycles. The monoisotopic (exact) mass is 279 g/mol. The average Bonchev–Trinajstić information content (AvgIpc) is 2.24. The smallest absolute Gasteiger partial charge is 0.0760 e. The van der Waals surface area contributed by atoms with Crippen LogP contribution in [0, 0.1) is 22.7 Å². The molecule has 0 rings (SSSR count). The molecule has 0 saturated heterocycles. The molecule has 2 atom stereocenters. The predicted molar refractivity (Wildman–Crippen MR) is 86.5 cm³/mol. The Labute approximate surface area is 126 Å². The lowest BCUT2D eigenvalue weighted by Crippen LogP contribution is -2.26. The van der Waals surface area contributed by atoms with E-state index in [0.29, 0.717) is 17.8 Å². The standard InChI is InChI=1S/C18H33NO/c1-8-16(20-18(5,6)7)11-9-10-15(12-13-19)14-17(2,3)4/h8,15-16H,1,9-12,14H2,2-7H3. The Hall–Kier alpha value is -0.810. The third-order valence-electron chi connectivity index (χ3n) is 3.15. The van der Waals surface area contributed by atoms with Gasteiger partial charge in [-0.1, -0.05) is 33.3 Å². The molecule has 2 nitrogen and oxygen atoms in total. The van der Waals surface area contributed by atoms with Crippen molar-refractivity contribution in [2.75, 3.05) is 0 Å². The van der Waals surface area contributed by atoms with Gasteiger partial charge >= 0.3 is 0 Å². The first-order chi connectivity index (χ1) is 9.07. The van der Waals surface area contributed by atoms with Gasteiger partial charge in [-0.3, -0.25) is 0 Å². The predicted octanol–water partition coefficient (Wildman–Crippen LogP) is 5.49. The maximum Gasteiger partial charge on any atom is 0.0760 e. The molecule has 0 radical (unpaired) electrons. The van der Waals surface area contributed by atoms with Gasteiger partial charge in [-0.15, -0.1) is 6.58 Å². The van der Waals surface area contributed by atoms with Crippen LogP contribution in [0.15, 0.2) is 12.7 Å². The summed E-state index contributed by atoms with van der Waals surface area (Å²) in [6, 6.07) is 2.33. The first-order valence-electron chi connectivity index (χ1n) is 7.75. The molecule has 0 fully saturated rings. The summed E-state index contributed by atoms with van der Waals surface area (Å²) in [6.07, 6.45) is 6.97. The van der Waals surface area contributed by atoms with Gasteiger partial charge in [0, 0.05) is 6.42 Å². The molecule has 0 aliphatic carbocycles. The van der Waals surface area contributed by atoms with Crippen molar-refractivity contribution in [3.63, 3.8) is 0 Å². The van der Waals surface area contributed by atoms with E-state index in [1.54, 1.807) is 0 Å². The van der Waals surface area contributed by atoms with E-state index in [4.69, 9.17) is 10.00 Å². The third kappa shape index (κ3) is 11.1. The Morgan fingerprint density at radius 1 is 1.15 bits per heavy atom. The summed E-state index contributed by atoms with van der Waals surface area (Å²) in [7, 11) is 0. The van der Waals surface area contributed by atoms with E-state index in [9.17, 15) is 0 Å². The van der Waals surface area contributed by atoms with Crippen molar-refractivity contribution < 1.29 is 4.74 Å². The molecule has 0 heterocycles. The number of ether oxygens (including phenoxy) is 1. The van der Waals surface area contributed by atoms with Crippen molar-refractivity contribution in [3.8, 4) is 6.07 Å². The van der Waals surface area contributed by atoms with E-state index in [1.807, 2.05) is 6.08 Å². The largest absolute Gasteiger partial charge is 0.369 e. The highest BCUT2D eigenvalue weighted by Gasteiger charge is 2.20. The fourth-order valence-corrected chi connectivity index (χ4v) is 2.56. The van der Waals surface area contributed by atoms with Crippen molar-refractivity contribution >= 4 is 0 Å². The van der Waals surface area contributed by atoms with E-state index in [1.165, 1.54) is 0 Å². The Morgan fingerprint density at radius 3 is 2.15 bits per heavy atom. The minimum Gasteiger partial charge on any atom is -0.369 e. The number of nitrogens with zero attached hydrogens (tertiary/aromatic N) is 1. The number of nitriles is 1. The normalized spacial score (nSPS) is 15.4. The van der Waals surface area contributed by atoms with Gasteiger partial charge in [0.05, 0.1) is 17.8 Å². The molecule has 0 aromatic rings. The second-order valence-electron chi connectivity index (χ2n) is 7.93. The quantitative estimate of drug-likeness (QED) is 0.550. The molecule has 2 heteroatoms. The fraction of sp³-hybridized carbons (Fsp3) is 0.833. The number of rotatable bonds is 8. The topological polar surface area (TPSA) is 33.0 Å². The molecule has 0 saturated carbocycles. The number of hydrogen-bond donors (Lipinski definition) is 0. The first kappa shape index (κ1) is 19.2. The van der Waals surface area contributed by atoms with Crippen LogP contribution in [0.5, 0.6) is 0 Å². The van der Waals surface area contributed by atoms with Gasteiger partial charge in [0.25, 0.3) is 0 Å². The summed E-state index contributed by atoms with van der Waals surface area (Å²) in [6.45, 7) is 16.8. The Kier molecular flexibility index (Phi) is 8.13. The maximum absolute atomic E-state index is 8.95. The number of hydrogen-bond acceptors (Lipinski definition) is 2. The molecule has 0 aliphatic heterocycles. The molecule has 116 valence electrons. The van der Waals surface area contributed by atoms with Gasteiger partial charge in [-0.2, -0.15) is 5.26 Å². The van der Waals surface area contributed by atoms with E-state index in [2.05, 4.69) is 54.2 Å². The lowest BCUT2D eigenvalue weighted by Gasteiger charge is -2.27. The van der Waals surface area contributed by atoms with Gasteiger partial charge < -0.3 is 4.74 Å². The second-order valence-corrected chi connectivity index (χ2v) is 7.93. The van der Waals surface area contributed by atoms with Crippen LogP contribution < -0.4 is 0 Å². The van der Waals surface area contributed by atoms with E-state index >= 15 is 0 Å². The van der Waals surface area contributed by atoms with Gasteiger partial charge in [0.1, 0.15) is 0 Å². The van der Waals surface area contributed by atoms with Gasteiger partial charge in [-0.25, -0.2) is 0 Å². The summed E-state index contributed by atoms with van der Waals surface area (Å²) in [4.78, 5) is 0. The molecular formula is C18H33NO. The van der Waals surface area contributed by atoms with Crippen molar-refractivity contribution in [1.82, 2.24) is 0 Å². The summed E-state index contributed by atoms with van der Waals surface area (Å²) < 4.78 is 5.95. The van der Waals surface area contributed by atoms with E-state index in [-0.39, 0.29) is 11.7 Å². The van der Waals surface area contributed by atoms with Gasteiger partial charge in [0.15, 0.2) is 0 Å². The Balaban J connectivity index is 4.22. The summed E-state index contributed by atoms with van der Waals surface area (Å²) >= 11 is 0. The molecule has 20 heavy (non-hydrogen) atoms. The Morgan fingerprint density at radius 2 is 1.75 bits per heavy atom. The molecule has 0 N–H and O–H groups in total. The summed E-state index contributed by atoms with van der Waals surface area (Å²) in [5, 5.41) is 8.95. The van der Waals surface area contributed by atoms with Gasteiger partial charge in [0.2, 0.25) is 0 Å². The van der Waals surface area contributed by atoms with Crippen LogP contribution in [0.25, 0.3) is 0 Å². The highest BCUT2D eigenvalue weighted by molar-refractivity contribution is 4.84. The van der Waals surface area contributed by atoms with Crippen LogP contribution in [-0.2, 0) is 4.74 Å². The highest BCUT2D eigenvalue weighted by Crippen LogP contribution is 2.30. The second kappa shape index (κ2) is 8.47. The fourth-order valence-electron chi connectivity index (χ4n) is 2.56. The van der Waals surface area contributed by atoms with E-state index in [0.717, 1.165) is 25.7 Å². The first-order valence-corrected chi connectivity index (χ1v) is 7.75. The zero-order valence-electron chi connectivity index (χ0n) is 14.3. The lowest BCUT2D eigenvalue weighted by molar-refractivity contribution is -0.0419. The van der Waals surface area contributed by atoms with Crippen LogP contribution in [0.4, 0.5) is 0 Å². The van der Waals surface area contributed by atoms with Crippen molar-refractivity contribution in [3.05, 3.63) is 12.7 Å². The molecule has 0 amide bonds. The van der Waals surface area contributed by atoms with Crippen LogP contribution in [-0.4, -0.2) is 11.7 Å². The molecule has 0 bridgehead atoms. The summed E-state index contributed by atoms with van der Waals surface area (Å²) in [5.74, 6) is 0.500. The van der Waals surface area contributed by atoms with Crippen LogP contribution in [0.2, 0.25) is 0 Å². The lowest BCUT2D eigenvalue weighted by atomic mass is 9.81. The van der Waals surface area contributed by atoms with Gasteiger partial charge in [-0.05, 0) is 51.4 Å². The average molecular weight is 279 g/mol. The van der Waals surface area contributed by atoms with Crippen LogP contribution in [0.1, 0.15) is 73.6 Å². The Bertz CT molecular complexity index is 314. The molecule has 0 aromatic carbocycles. The minimum absolute atomic E-state index is 0.118. The van der Waals surface area contributed by atoms with Crippen molar-refractivity contribution in [2.45, 2.75) is 85.4 Å². The van der Waals surface area contributed by atoms with E-state index < -0.39 is 0 Å². The van der Waals surface area contributed by atoms with Crippen LogP contribution >= 0.6 is 0 Å². The SMILES string of the molecule is C=CC(CCCC(CC#N)CC(C)(C)C)OC(C)(C)C. The molecule has 0 aliphatic rings. The third-order valence-corrected chi connectivity index (χ3v) is 3.15. The minimum atomic E-state index is -0.129. The summed E-state index contributed by atoms with van der Waals surface area (Å²) in [5.41, 5.74) is 0.164. The van der Waals surface area contributed by atoms with Crippen LogP contribution in [0.3, 0.4) is 0 Å². The molecule has 0 spiro atoms. The zero-order chi connectivity index (χ0) is 15.8. The maximum atomic E-state index is 8.95. The molecular weight excluding hydrogens is 246 g/mol. The van der Waals surface area contributed by atoms with Crippen molar-refractivity contribution in [2.24, 2.45) is 11.3 Å². The highest BCUT2D eigenvalue weighted by atomic mass is 16.5. The zero-order valence-corrected chi connectivity index (χ0v) is 14.3.